The molecule has 0 atom stereocenters. The zero-order chi connectivity index (χ0) is 22.6. The minimum absolute atomic E-state index is 0.0596. The van der Waals surface area contributed by atoms with Crippen molar-refractivity contribution in [3.05, 3.63) is 108 Å². The highest BCUT2D eigenvalue weighted by molar-refractivity contribution is 7.15. The third-order valence-electron chi connectivity index (χ3n) is 5.09. The monoisotopic (exact) mass is 453 g/mol. The first-order valence-corrected chi connectivity index (χ1v) is 11.2. The zero-order valence-electron chi connectivity index (χ0n) is 17.5. The average molecular weight is 454 g/mol. The summed E-state index contributed by atoms with van der Waals surface area (Å²) in [5.74, 6) is 0.168. The fourth-order valence-corrected chi connectivity index (χ4v) is 4.17. The molecule has 7 heteroatoms. The van der Waals surface area contributed by atoms with Crippen molar-refractivity contribution in [1.29, 1.82) is 0 Å². The number of ketones is 1. The molecular formula is C26H19N3O3S. The van der Waals surface area contributed by atoms with Gasteiger partial charge in [-0.1, -0.05) is 48.5 Å². The Kier molecular flexibility index (Phi) is 5.70. The lowest BCUT2D eigenvalue weighted by Gasteiger charge is -2.11. The van der Waals surface area contributed by atoms with Crippen molar-refractivity contribution in [3.8, 4) is 17.0 Å². The quantitative estimate of drug-likeness (QED) is 0.339. The number of ether oxygens (including phenoxy) is 1. The number of para-hydroxylation sites is 1. The molecule has 0 bridgehead atoms. The lowest BCUT2D eigenvalue weighted by molar-refractivity contribution is -0.118. The normalized spacial score (nSPS) is 10.8. The van der Waals surface area contributed by atoms with Crippen molar-refractivity contribution in [3.63, 3.8) is 0 Å². The topological polar surface area (TPSA) is 72.7 Å². The first kappa shape index (κ1) is 20.7. The molecule has 0 unspecified atom stereocenters. The van der Waals surface area contributed by atoms with Gasteiger partial charge in [-0.25, -0.2) is 4.98 Å². The van der Waals surface area contributed by atoms with Crippen LogP contribution in [0.15, 0.2) is 96.6 Å². The molecule has 1 amide bonds. The number of nitrogens with zero attached hydrogens (tertiary/aromatic N) is 2. The second-order valence-electron chi connectivity index (χ2n) is 7.32. The molecule has 2 heterocycles. The molecule has 0 aliphatic heterocycles. The van der Waals surface area contributed by atoms with Crippen LogP contribution in [0.25, 0.3) is 16.2 Å². The molecule has 1 N–H and O–H groups in total. The Morgan fingerprint density at radius 1 is 0.909 bits per heavy atom. The Balaban J connectivity index is 1.23. The molecule has 0 aliphatic rings. The fraction of sp³-hybridized carbons (Fsp3) is 0.0385. The standard InChI is InChI=1S/C26H19N3O3S/c30-24(17-32-20-12-10-19(11-13-20)25(31)18-6-2-1-3-7-18)27-22-9-5-4-8-21(22)23-16-29-14-15-33-26(29)28-23/h1-16H,17H2,(H,27,30). The van der Waals surface area contributed by atoms with Crippen molar-refractivity contribution in [2.75, 3.05) is 11.9 Å². The molecule has 5 rings (SSSR count). The molecule has 0 aliphatic carbocycles. The molecule has 0 radical (unpaired) electrons. The summed E-state index contributed by atoms with van der Waals surface area (Å²) in [6.07, 6.45) is 3.88. The fourth-order valence-electron chi connectivity index (χ4n) is 3.47. The van der Waals surface area contributed by atoms with E-state index in [0.29, 0.717) is 22.6 Å². The van der Waals surface area contributed by atoms with Gasteiger partial charge < -0.3 is 10.1 Å². The summed E-state index contributed by atoms with van der Waals surface area (Å²) >= 11 is 1.55. The van der Waals surface area contributed by atoms with E-state index in [1.54, 1.807) is 47.7 Å². The number of carbonyl (C=O) groups is 2. The molecule has 0 saturated heterocycles. The van der Waals surface area contributed by atoms with E-state index in [-0.39, 0.29) is 18.3 Å². The van der Waals surface area contributed by atoms with Gasteiger partial charge in [0.1, 0.15) is 5.75 Å². The van der Waals surface area contributed by atoms with Crippen LogP contribution in [0.2, 0.25) is 0 Å². The Morgan fingerprint density at radius 3 is 2.42 bits per heavy atom. The molecule has 3 aromatic carbocycles. The van der Waals surface area contributed by atoms with E-state index in [4.69, 9.17) is 4.74 Å². The van der Waals surface area contributed by atoms with Gasteiger partial charge in [0.05, 0.1) is 11.4 Å². The van der Waals surface area contributed by atoms with Crippen LogP contribution in [0.1, 0.15) is 15.9 Å². The summed E-state index contributed by atoms with van der Waals surface area (Å²) in [4.78, 5) is 30.6. The van der Waals surface area contributed by atoms with Crippen LogP contribution in [0, 0.1) is 0 Å². The number of thiazole rings is 1. The van der Waals surface area contributed by atoms with Gasteiger partial charge in [0.15, 0.2) is 17.4 Å². The highest BCUT2D eigenvalue weighted by Gasteiger charge is 2.13. The number of rotatable bonds is 7. The number of hydrogen-bond acceptors (Lipinski definition) is 5. The third-order valence-corrected chi connectivity index (χ3v) is 5.86. The summed E-state index contributed by atoms with van der Waals surface area (Å²) in [7, 11) is 0. The maximum absolute atomic E-state index is 12.5. The maximum atomic E-state index is 12.5. The van der Waals surface area contributed by atoms with Gasteiger partial charge in [-0.2, -0.15) is 0 Å². The van der Waals surface area contributed by atoms with Crippen LogP contribution in [0.5, 0.6) is 5.75 Å². The summed E-state index contributed by atoms with van der Waals surface area (Å²) in [5.41, 5.74) is 3.48. The summed E-state index contributed by atoms with van der Waals surface area (Å²) < 4.78 is 7.57. The first-order valence-electron chi connectivity index (χ1n) is 10.3. The van der Waals surface area contributed by atoms with Crippen molar-refractivity contribution < 1.29 is 14.3 Å². The number of nitrogens with one attached hydrogen (secondary N) is 1. The molecule has 0 spiro atoms. The van der Waals surface area contributed by atoms with Crippen molar-refractivity contribution in [2.45, 2.75) is 0 Å². The van der Waals surface area contributed by atoms with Gasteiger partial charge >= 0.3 is 0 Å². The number of fused-ring (bicyclic) bond motifs is 1. The number of aromatic nitrogens is 2. The number of anilines is 1. The second kappa shape index (κ2) is 9.10. The molecule has 162 valence electrons. The molecule has 33 heavy (non-hydrogen) atoms. The van der Waals surface area contributed by atoms with Crippen molar-refractivity contribution in [1.82, 2.24) is 9.38 Å². The van der Waals surface area contributed by atoms with Crippen LogP contribution in [0.3, 0.4) is 0 Å². The van der Waals surface area contributed by atoms with Gasteiger partial charge in [0, 0.05) is 34.5 Å². The van der Waals surface area contributed by atoms with Gasteiger partial charge in [-0.3, -0.25) is 14.0 Å². The Bertz CT molecular complexity index is 1390. The summed E-state index contributed by atoms with van der Waals surface area (Å²) in [5, 5.41) is 4.88. The molecule has 2 aromatic heterocycles. The smallest absolute Gasteiger partial charge is 0.262 e. The number of imidazole rings is 1. The average Bonchev–Trinajstić information content (AvgIpc) is 3.46. The third kappa shape index (κ3) is 4.53. The van der Waals surface area contributed by atoms with E-state index < -0.39 is 0 Å². The highest BCUT2D eigenvalue weighted by atomic mass is 32.1. The lowest BCUT2D eigenvalue weighted by Crippen LogP contribution is -2.20. The number of amides is 1. The van der Waals surface area contributed by atoms with E-state index in [1.165, 1.54) is 0 Å². The number of hydrogen-bond donors (Lipinski definition) is 1. The largest absolute Gasteiger partial charge is 0.484 e. The second-order valence-corrected chi connectivity index (χ2v) is 8.19. The SMILES string of the molecule is O=C(COc1ccc(C(=O)c2ccccc2)cc1)Nc1ccccc1-c1cn2ccsc2n1. The van der Waals surface area contributed by atoms with Crippen molar-refractivity contribution in [2.24, 2.45) is 0 Å². The minimum Gasteiger partial charge on any atom is -0.484 e. The van der Waals surface area contributed by atoms with Gasteiger partial charge in [0.2, 0.25) is 0 Å². The van der Waals surface area contributed by atoms with Crippen molar-refractivity contribution >= 4 is 33.7 Å². The molecule has 0 fully saturated rings. The van der Waals surface area contributed by atoms with Crippen LogP contribution in [0.4, 0.5) is 5.69 Å². The molecule has 0 saturated carbocycles. The van der Waals surface area contributed by atoms with E-state index in [1.807, 2.05) is 64.6 Å². The van der Waals surface area contributed by atoms with Gasteiger partial charge in [-0.05, 0) is 30.3 Å². The number of carbonyl (C=O) groups excluding carboxylic acids is 2. The maximum Gasteiger partial charge on any atom is 0.262 e. The zero-order valence-corrected chi connectivity index (χ0v) is 18.3. The van der Waals surface area contributed by atoms with Gasteiger partial charge in [-0.15, -0.1) is 11.3 Å². The van der Waals surface area contributed by atoms with E-state index in [0.717, 1.165) is 16.2 Å². The predicted octanol–water partition coefficient (Wildman–Crippen LogP) is 5.31. The van der Waals surface area contributed by atoms with E-state index in [2.05, 4.69) is 10.3 Å². The van der Waals surface area contributed by atoms with Crippen LogP contribution >= 0.6 is 11.3 Å². The van der Waals surface area contributed by atoms with Crippen LogP contribution < -0.4 is 10.1 Å². The lowest BCUT2D eigenvalue weighted by atomic mass is 10.0. The summed E-state index contributed by atoms with van der Waals surface area (Å²) in [6, 6.07) is 23.4. The predicted molar refractivity (Wildman–Crippen MR) is 129 cm³/mol. The Hall–Kier alpha value is -4.23. The highest BCUT2D eigenvalue weighted by Crippen LogP contribution is 2.28. The molecule has 6 nitrogen and oxygen atoms in total. The van der Waals surface area contributed by atoms with Crippen LogP contribution in [-0.2, 0) is 4.79 Å². The molecule has 5 aromatic rings. The van der Waals surface area contributed by atoms with Gasteiger partial charge in [0.25, 0.3) is 5.91 Å². The van der Waals surface area contributed by atoms with Crippen LogP contribution in [-0.4, -0.2) is 27.7 Å². The minimum atomic E-state index is -0.284. The van der Waals surface area contributed by atoms with E-state index >= 15 is 0 Å². The molecular weight excluding hydrogens is 434 g/mol. The van der Waals surface area contributed by atoms with E-state index in [9.17, 15) is 9.59 Å². The summed E-state index contributed by atoms with van der Waals surface area (Å²) in [6.45, 7) is -0.154. The Morgan fingerprint density at radius 2 is 1.64 bits per heavy atom. The Labute approximate surface area is 194 Å². The first-order chi connectivity index (χ1) is 16.2. The number of benzene rings is 3.